The van der Waals surface area contributed by atoms with Crippen LogP contribution < -0.4 is 5.32 Å². The molecule has 1 N–H and O–H groups in total. The number of rotatable bonds is 3. The van der Waals surface area contributed by atoms with Crippen LogP contribution in [0.15, 0.2) is 0 Å². The Labute approximate surface area is 121 Å². The highest BCUT2D eigenvalue weighted by Gasteiger charge is 2.29. The third kappa shape index (κ3) is 3.07. The smallest absolute Gasteiger partial charge is 0.166 e. The van der Waals surface area contributed by atoms with E-state index in [0.717, 1.165) is 43.7 Å². The van der Waals surface area contributed by atoms with E-state index in [4.69, 9.17) is 0 Å². The predicted octanol–water partition coefficient (Wildman–Crippen LogP) is 2.11. The van der Waals surface area contributed by atoms with Crippen LogP contribution in [0.25, 0.3) is 0 Å². The lowest BCUT2D eigenvalue weighted by Crippen LogP contribution is -2.40. The molecule has 0 unspecified atom stereocenters. The number of nitrogens with zero attached hydrogens (tertiary/aromatic N) is 4. The Kier molecular flexibility index (Phi) is 4.24. The summed E-state index contributed by atoms with van der Waals surface area (Å²) in [6.07, 6.45) is 2.33. The fourth-order valence-corrected chi connectivity index (χ4v) is 2.50. The summed E-state index contributed by atoms with van der Waals surface area (Å²) in [7, 11) is 2.16. The van der Waals surface area contributed by atoms with Gasteiger partial charge in [0.1, 0.15) is 11.6 Å². The van der Waals surface area contributed by atoms with Gasteiger partial charge in [0.2, 0.25) is 0 Å². The number of hydrogen-bond donors (Lipinski definition) is 1. The van der Waals surface area contributed by atoms with Crippen LogP contribution in [-0.4, -0.2) is 41.8 Å². The van der Waals surface area contributed by atoms with Crippen LogP contribution >= 0.6 is 0 Å². The fraction of sp³-hybridized carbons (Fsp3) is 0.667. The van der Waals surface area contributed by atoms with Crippen LogP contribution in [0, 0.1) is 30.6 Å². The van der Waals surface area contributed by atoms with E-state index < -0.39 is 0 Å². The molecule has 108 valence electrons. The number of anilines is 1. The van der Waals surface area contributed by atoms with Gasteiger partial charge in [-0.05, 0) is 57.8 Å². The van der Waals surface area contributed by atoms with Gasteiger partial charge < -0.3 is 10.2 Å². The van der Waals surface area contributed by atoms with Gasteiger partial charge in [0.25, 0.3) is 0 Å². The summed E-state index contributed by atoms with van der Waals surface area (Å²) < 4.78 is 0. The molecular formula is C15H23N5. The lowest BCUT2D eigenvalue weighted by Gasteiger charge is -2.38. The third-order valence-electron chi connectivity index (χ3n) is 4.44. The Bertz CT molecular complexity index is 524. The zero-order valence-corrected chi connectivity index (χ0v) is 12.8. The van der Waals surface area contributed by atoms with Crippen molar-refractivity contribution in [2.24, 2.45) is 5.41 Å². The summed E-state index contributed by atoms with van der Waals surface area (Å²) in [5, 5.41) is 20.9. The van der Waals surface area contributed by atoms with Crippen LogP contribution in [0.1, 0.15) is 36.6 Å². The van der Waals surface area contributed by atoms with E-state index in [1.807, 2.05) is 13.8 Å². The molecule has 5 nitrogen and oxygen atoms in total. The molecule has 0 aromatic carbocycles. The minimum Gasteiger partial charge on any atom is -0.367 e. The second kappa shape index (κ2) is 5.76. The van der Waals surface area contributed by atoms with Crippen molar-refractivity contribution < 1.29 is 0 Å². The van der Waals surface area contributed by atoms with Crippen molar-refractivity contribution in [2.75, 3.05) is 32.0 Å². The molecule has 0 radical (unpaired) electrons. The highest BCUT2D eigenvalue weighted by molar-refractivity contribution is 5.55. The van der Waals surface area contributed by atoms with Crippen LogP contribution in [0.3, 0.4) is 0 Å². The minimum atomic E-state index is 0.264. The zero-order valence-electron chi connectivity index (χ0n) is 12.8. The van der Waals surface area contributed by atoms with Crippen LogP contribution in [0.2, 0.25) is 0 Å². The van der Waals surface area contributed by atoms with E-state index in [0.29, 0.717) is 11.4 Å². The van der Waals surface area contributed by atoms with Gasteiger partial charge in [0.15, 0.2) is 5.82 Å². The van der Waals surface area contributed by atoms with Gasteiger partial charge in [-0.1, -0.05) is 6.92 Å². The molecule has 1 aromatic heterocycles. The first kappa shape index (κ1) is 14.7. The lowest BCUT2D eigenvalue weighted by molar-refractivity contribution is 0.150. The van der Waals surface area contributed by atoms with Crippen molar-refractivity contribution in [3.63, 3.8) is 0 Å². The van der Waals surface area contributed by atoms with Gasteiger partial charge in [0.05, 0.1) is 5.69 Å². The average Bonchev–Trinajstić information content (AvgIpc) is 2.44. The van der Waals surface area contributed by atoms with E-state index in [1.54, 1.807) is 0 Å². The van der Waals surface area contributed by atoms with Crippen molar-refractivity contribution in [2.45, 2.75) is 33.6 Å². The van der Waals surface area contributed by atoms with Gasteiger partial charge in [-0.2, -0.15) is 10.4 Å². The molecule has 5 heteroatoms. The third-order valence-corrected chi connectivity index (χ3v) is 4.44. The summed E-state index contributed by atoms with van der Waals surface area (Å²) in [4.78, 5) is 2.36. The first-order valence-electron chi connectivity index (χ1n) is 7.11. The Morgan fingerprint density at radius 2 is 1.95 bits per heavy atom. The second-order valence-electron chi connectivity index (χ2n) is 6.21. The van der Waals surface area contributed by atoms with E-state index >= 15 is 0 Å². The predicted molar refractivity (Wildman–Crippen MR) is 79.5 cm³/mol. The Balaban J connectivity index is 2.08. The number of piperidine rings is 1. The van der Waals surface area contributed by atoms with Crippen molar-refractivity contribution in [1.82, 2.24) is 15.1 Å². The largest absolute Gasteiger partial charge is 0.367 e. The van der Waals surface area contributed by atoms with E-state index in [2.05, 4.69) is 40.5 Å². The van der Waals surface area contributed by atoms with E-state index in [1.165, 1.54) is 0 Å². The SMILES string of the molecule is Cc1nnc(NCC2(C)CCN(C)CC2)c(C#N)c1C. The monoisotopic (exact) mass is 273 g/mol. The highest BCUT2D eigenvalue weighted by Crippen LogP contribution is 2.31. The van der Waals surface area contributed by atoms with Gasteiger partial charge in [0, 0.05) is 6.54 Å². The van der Waals surface area contributed by atoms with Crippen molar-refractivity contribution in [3.05, 3.63) is 16.8 Å². The molecule has 0 aliphatic carbocycles. The van der Waals surface area contributed by atoms with E-state index in [9.17, 15) is 5.26 Å². The molecule has 1 aliphatic heterocycles. The second-order valence-corrected chi connectivity index (χ2v) is 6.21. The maximum atomic E-state index is 9.30. The molecule has 1 fully saturated rings. The zero-order chi connectivity index (χ0) is 14.8. The summed E-state index contributed by atoms with van der Waals surface area (Å²) in [5.74, 6) is 0.621. The van der Waals surface area contributed by atoms with Crippen molar-refractivity contribution >= 4 is 5.82 Å². The molecule has 0 amide bonds. The quantitative estimate of drug-likeness (QED) is 0.913. The molecular weight excluding hydrogens is 250 g/mol. The average molecular weight is 273 g/mol. The van der Waals surface area contributed by atoms with Crippen molar-refractivity contribution in [3.8, 4) is 6.07 Å². The molecule has 2 heterocycles. The lowest BCUT2D eigenvalue weighted by atomic mass is 9.80. The maximum absolute atomic E-state index is 9.30. The molecule has 0 spiro atoms. The first-order chi connectivity index (χ1) is 9.45. The fourth-order valence-electron chi connectivity index (χ4n) is 2.50. The number of aromatic nitrogens is 2. The van der Waals surface area contributed by atoms with Gasteiger partial charge in [-0.15, -0.1) is 5.10 Å². The minimum absolute atomic E-state index is 0.264. The van der Waals surface area contributed by atoms with Gasteiger partial charge in [-0.25, -0.2) is 0 Å². The summed E-state index contributed by atoms with van der Waals surface area (Å²) >= 11 is 0. The molecule has 1 saturated heterocycles. The van der Waals surface area contributed by atoms with Crippen molar-refractivity contribution in [1.29, 1.82) is 5.26 Å². The molecule has 1 aromatic rings. The topological polar surface area (TPSA) is 64.8 Å². The summed E-state index contributed by atoms with van der Waals surface area (Å²) in [6, 6.07) is 2.24. The molecule has 0 atom stereocenters. The summed E-state index contributed by atoms with van der Waals surface area (Å²) in [5.41, 5.74) is 2.62. The van der Waals surface area contributed by atoms with Crippen LogP contribution in [0.5, 0.6) is 0 Å². The summed E-state index contributed by atoms with van der Waals surface area (Å²) in [6.45, 7) is 9.19. The molecule has 20 heavy (non-hydrogen) atoms. The number of hydrogen-bond acceptors (Lipinski definition) is 5. The van der Waals surface area contributed by atoms with E-state index in [-0.39, 0.29) is 5.41 Å². The number of likely N-dealkylation sites (tertiary alicyclic amines) is 1. The van der Waals surface area contributed by atoms with Crippen LogP contribution in [-0.2, 0) is 0 Å². The maximum Gasteiger partial charge on any atom is 0.166 e. The molecule has 0 saturated carbocycles. The highest BCUT2D eigenvalue weighted by atomic mass is 15.2. The molecule has 1 aliphatic rings. The standard InChI is InChI=1S/C15H23N5/c1-11-12(2)18-19-14(13(11)9-16)17-10-15(3)5-7-20(4)8-6-15/h5-8,10H2,1-4H3,(H,17,19). The first-order valence-corrected chi connectivity index (χ1v) is 7.11. The Hall–Kier alpha value is -1.67. The number of aryl methyl sites for hydroxylation is 1. The van der Waals surface area contributed by atoms with Gasteiger partial charge in [-0.3, -0.25) is 0 Å². The van der Waals surface area contributed by atoms with Gasteiger partial charge >= 0.3 is 0 Å². The van der Waals surface area contributed by atoms with Crippen LogP contribution in [0.4, 0.5) is 5.82 Å². The Morgan fingerprint density at radius 1 is 1.30 bits per heavy atom. The number of nitrogens with one attached hydrogen (secondary N) is 1. The molecule has 0 bridgehead atoms. The normalized spacial score (nSPS) is 18.6. The molecule has 2 rings (SSSR count). The Morgan fingerprint density at radius 3 is 2.55 bits per heavy atom. The number of nitriles is 1.